The third kappa shape index (κ3) is 2.57. The van der Waals surface area contributed by atoms with Crippen molar-refractivity contribution in [3.05, 3.63) is 16.0 Å². The first-order chi connectivity index (χ1) is 7.31. The largest absolute Gasteiger partial charge is 0.396 e. The molecule has 1 aromatic heterocycles. The fourth-order valence-electron chi connectivity index (χ4n) is 2.00. The van der Waals surface area contributed by atoms with E-state index in [-0.39, 0.29) is 6.61 Å². The highest BCUT2D eigenvalue weighted by molar-refractivity contribution is 14.1. The summed E-state index contributed by atoms with van der Waals surface area (Å²) < 4.78 is 1.05. The molecule has 4 nitrogen and oxygen atoms in total. The first-order valence-corrected chi connectivity index (χ1v) is 6.24. The second-order valence-electron chi connectivity index (χ2n) is 3.70. The van der Waals surface area contributed by atoms with Gasteiger partial charge in [0.25, 0.3) is 0 Å². The summed E-state index contributed by atoms with van der Waals surface area (Å²) in [6.07, 6.45) is 6.78. The molecule has 15 heavy (non-hydrogen) atoms. The molecule has 0 amide bonds. The highest BCUT2D eigenvalue weighted by Crippen LogP contribution is 2.24. The lowest BCUT2D eigenvalue weighted by molar-refractivity contribution is 0.275. The van der Waals surface area contributed by atoms with Crippen LogP contribution in [-0.4, -0.2) is 34.3 Å². The summed E-state index contributed by atoms with van der Waals surface area (Å²) in [5, 5.41) is 8.97. The average molecular weight is 319 g/mol. The summed E-state index contributed by atoms with van der Waals surface area (Å²) in [6, 6.07) is 0.412. The van der Waals surface area contributed by atoms with E-state index in [1.165, 1.54) is 6.42 Å². The maximum atomic E-state index is 8.97. The molecule has 0 spiro atoms. The van der Waals surface area contributed by atoms with Gasteiger partial charge in [0.1, 0.15) is 0 Å². The molecule has 1 atom stereocenters. The van der Waals surface area contributed by atoms with Crippen LogP contribution in [0.25, 0.3) is 0 Å². The molecule has 1 saturated heterocycles. The molecule has 1 aliphatic heterocycles. The van der Waals surface area contributed by atoms with E-state index in [2.05, 4.69) is 37.5 Å². The quantitative estimate of drug-likeness (QED) is 0.857. The van der Waals surface area contributed by atoms with Crippen LogP contribution < -0.4 is 4.90 Å². The van der Waals surface area contributed by atoms with E-state index in [1.54, 1.807) is 0 Å². The maximum absolute atomic E-state index is 8.97. The molecule has 1 aromatic rings. The Balaban J connectivity index is 2.11. The zero-order valence-electron chi connectivity index (χ0n) is 8.43. The standard InChI is InChI=1S/C10H14IN3O/c11-8-6-12-10(13-7-8)14-4-1-2-9(14)3-5-15/h6-7,9,15H,1-5H2. The van der Waals surface area contributed by atoms with E-state index in [9.17, 15) is 0 Å². The van der Waals surface area contributed by atoms with Gasteiger partial charge in [-0.1, -0.05) is 0 Å². The molecule has 0 bridgehead atoms. The topological polar surface area (TPSA) is 49.2 Å². The summed E-state index contributed by atoms with van der Waals surface area (Å²) in [4.78, 5) is 10.8. The Morgan fingerprint density at radius 2 is 2.20 bits per heavy atom. The number of anilines is 1. The molecule has 1 aliphatic rings. The Bertz CT molecular complexity index is 317. The first-order valence-electron chi connectivity index (χ1n) is 5.16. The fourth-order valence-corrected chi connectivity index (χ4v) is 2.28. The predicted octanol–water partition coefficient (Wildman–Crippen LogP) is 1.43. The highest BCUT2D eigenvalue weighted by atomic mass is 127. The van der Waals surface area contributed by atoms with Crippen LogP contribution in [0.4, 0.5) is 5.95 Å². The molecular formula is C10H14IN3O. The van der Waals surface area contributed by atoms with E-state index in [4.69, 9.17) is 5.11 Å². The molecule has 0 radical (unpaired) electrons. The van der Waals surface area contributed by atoms with Crippen molar-refractivity contribution in [2.75, 3.05) is 18.1 Å². The molecule has 0 saturated carbocycles. The van der Waals surface area contributed by atoms with Crippen LogP contribution in [0.15, 0.2) is 12.4 Å². The monoisotopic (exact) mass is 319 g/mol. The van der Waals surface area contributed by atoms with Crippen LogP contribution in [0, 0.1) is 3.57 Å². The Kier molecular flexibility index (Phi) is 3.74. The molecule has 82 valence electrons. The number of rotatable bonds is 3. The van der Waals surface area contributed by atoms with Crippen LogP contribution in [0.1, 0.15) is 19.3 Å². The smallest absolute Gasteiger partial charge is 0.225 e. The maximum Gasteiger partial charge on any atom is 0.225 e. The van der Waals surface area contributed by atoms with Gasteiger partial charge in [-0.15, -0.1) is 0 Å². The summed E-state index contributed by atoms with van der Waals surface area (Å²) in [5.74, 6) is 0.798. The lowest BCUT2D eigenvalue weighted by Gasteiger charge is -2.23. The van der Waals surface area contributed by atoms with E-state index < -0.39 is 0 Å². The minimum absolute atomic E-state index is 0.242. The van der Waals surface area contributed by atoms with Crippen molar-refractivity contribution < 1.29 is 5.11 Å². The fraction of sp³-hybridized carbons (Fsp3) is 0.600. The number of aliphatic hydroxyl groups is 1. The molecule has 1 fully saturated rings. The third-order valence-electron chi connectivity index (χ3n) is 2.70. The summed E-state index contributed by atoms with van der Waals surface area (Å²) >= 11 is 2.20. The first kappa shape index (κ1) is 11.1. The Labute approximate surface area is 103 Å². The number of aliphatic hydroxyl groups excluding tert-OH is 1. The van der Waals surface area contributed by atoms with Crippen LogP contribution in [0.5, 0.6) is 0 Å². The summed E-state index contributed by atoms with van der Waals surface area (Å²) in [6.45, 7) is 1.25. The number of halogens is 1. The van der Waals surface area contributed by atoms with Crippen molar-refractivity contribution in [2.45, 2.75) is 25.3 Å². The van der Waals surface area contributed by atoms with Crippen molar-refractivity contribution in [3.63, 3.8) is 0 Å². The molecule has 1 N–H and O–H groups in total. The lowest BCUT2D eigenvalue weighted by atomic mass is 10.1. The molecule has 1 unspecified atom stereocenters. The van der Waals surface area contributed by atoms with E-state index >= 15 is 0 Å². The van der Waals surface area contributed by atoms with Gasteiger partial charge in [0.2, 0.25) is 5.95 Å². The average Bonchev–Trinajstić information content (AvgIpc) is 2.68. The molecule has 0 aromatic carbocycles. The number of nitrogens with zero attached hydrogens (tertiary/aromatic N) is 3. The number of aromatic nitrogens is 2. The number of hydrogen-bond acceptors (Lipinski definition) is 4. The molecule has 5 heteroatoms. The minimum Gasteiger partial charge on any atom is -0.396 e. The zero-order chi connectivity index (χ0) is 10.7. The van der Waals surface area contributed by atoms with Gasteiger partial charge < -0.3 is 10.0 Å². The van der Waals surface area contributed by atoms with Crippen molar-refractivity contribution in [3.8, 4) is 0 Å². The Morgan fingerprint density at radius 1 is 1.47 bits per heavy atom. The van der Waals surface area contributed by atoms with Gasteiger partial charge in [-0.2, -0.15) is 0 Å². The summed E-state index contributed by atoms with van der Waals surface area (Å²) in [7, 11) is 0. The molecule has 2 rings (SSSR count). The van der Waals surface area contributed by atoms with Crippen LogP contribution in [0.3, 0.4) is 0 Å². The predicted molar refractivity (Wildman–Crippen MR) is 66.8 cm³/mol. The Hall–Kier alpha value is -0.430. The third-order valence-corrected chi connectivity index (χ3v) is 3.26. The minimum atomic E-state index is 0.242. The summed E-state index contributed by atoms with van der Waals surface area (Å²) in [5.41, 5.74) is 0. The lowest BCUT2D eigenvalue weighted by Crippen LogP contribution is -2.31. The molecule has 0 aliphatic carbocycles. The van der Waals surface area contributed by atoms with Crippen LogP contribution in [-0.2, 0) is 0 Å². The second kappa shape index (κ2) is 5.07. The van der Waals surface area contributed by atoms with E-state index in [1.807, 2.05) is 12.4 Å². The SMILES string of the molecule is OCCC1CCCN1c1ncc(I)cn1. The second-order valence-corrected chi connectivity index (χ2v) is 4.95. The molecular weight excluding hydrogens is 305 g/mol. The van der Waals surface area contributed by atoms with Gasteiger partial charge >= 0.3 is 0 Å². The molecule has 2 heterocycles. The Morgan fingerprint density at radius 3 is 2.87 bits per heavy atom. The normalized spacial score (nSPS) is 20.9. The van der Waals surface area contributed by atoms with E-state index in [0.717, 1.165) is 28.9 Å². The van der Waals surface area contributed by atoms with E-state index in [0.29, 0.717) is 6.04 Å². The highest BCUT2D eigenvalue weighted by Gasteiger charge is 2.25. The zero-order valence-corrected chi connectivity index (χ0v) is 10.6. The van der Waals surface area contributed by atoms with Gasteiger partial charge in [-0.3, -0.25) is 0 Å². The van der Waals surface area contributed by atoms with Gasteiger partial charge in [-0.25, -0.2) is 9.97 Å². The van der Waals surface area contributed by atoms with Gasteiger partial charge in [0.15, 0.2) is 0 Å². The van der Waals surface area contributed by atoms with Crippen molar-refractivity contribution >= 4 is 28.5 Å². The van der Waals surface area contributed by atoms with Gasteiger partial charge in [0.05, 0.1) is 0 Å². The van der Waals surface area contributed by atoms with Crippen molar-refractivity contribution in [1.82, 2.24) is 9.97 Å². The number of hydrogen-bond donors (Lipinski definition) is 1. The van der Waals surface area contributed by atoms with Crippen LogP contribution >= 0.6 is 22.6 Å². The van der Waals surface area contributed by atoms with Crippen LogP contribution in [0.2, 0.25) is 0 Å². The van der Waals surface area contributed by atoms with Gasteiger partial charge in [0, 0.05) is 35.2 Å². The van der Waals surface area contributed by atoms with Gasteiger partial charge in [-0.05, 0) is 41.9 Å². The van der Waals surface area contributed by atoms with Crippen molar-refractivity contribution in [1.29, 1.82) is 0 Å². The van der Waals surface area contributed by atoms with Crippen molar-refractivity contribution in [2.24, 2.45) is 0 Å².